The average Bonchev–Trinajstić information content (AvgIpc) is 3.01. The number of anilines is 1. The number of hydrogen-bond acceptors (Lipinski definition) is 5. The van der Waals surface area contributed by atoms with Crippen molar-refractivity contribution in [3.05, 3.63) is 46.0 Å². The van der Waals surface area contributed by atoms with Crippen molar-refractivity contribution in [1.29, 1.82) is 0 Å². The van der Waals surface area contributed by atoms with Gasteiger partial charge in [-0.15, -0.1) is 0 Å². The molecule has 2 aliphatic rings. The summed E-state index contributed by atoms with van der Waals surface area (Å²) in [6.07, 6.45) is 1.61. The first-order valence-corrected chi connectivity index (χ1v) is 11.7. The van der Waals surface area contributed by atoms with Crippen molar-refractivity contribution in [3.8, 4) is 0 Å². The number of rotatable bonds is 3. The molecule has 0 saturated carbocycles. The molecule has 9 nitrogen and oxygen atoms in total. The van der Waals surface area contributed by atoms with Crippen LogP contribution in [0.15, 0.2) is 18.2 Å². The van der Waals surface area contributed by atoms with Gasteiger partial charge in [0.25, 0.3) is 5.91 Å². The van der Waals surface area contributed by atoms with Crippen LogP contribution in [-0.2, 0) is 35.1 Å². The Labute approximate surface area is 185 Å². The van der Waals surface area contributed by atoms with Gasteiger partial charge in [0.05, 0.1) is 29.6 Å². The van der Waals surface area contributed by atoms with Gasteiger partial charge in [0, 0.05) is 48.3 Å². The van der Waals surface area contributed by atoms with Crippen LogP contribution < -0.4 is 5.32 Å². The number of urea groups is 1. The summed E-state index contributed by atoms with van der Waals surface area (Å²) in [6.45, 7) is 0.890. The van der Waals surface area contributed by atoms with Gasteiger partial charge < -0.3 is 10.2 Å². The highest BCUT2D eigenvalue weighted by atomic mass is 35.5. The van der Waals surface area contributed by atoms with E-state index in [0.29, 0.717) is 29.9 Å². The van der Waals surface area contributed by atoms with E-state index in [0.717, 1.165) is 10.8 Å². The van der Waals surface area contributed by atoms with Gasteiger partial charge in [-0.2, -0.15) is 5.10 Å². The van der Waals surface area contributed by atoms with Gasteiger partial charge in [0.1, 0.15) is 17.6 Å². The molecule has 0 spiro atoms. The topological polar surface area (TPSA) is 96.8 Å². The lowest BCUT2D eigenvalue weighted by Crippen LogP contribution is -2.39. The summed E-state index contributed by atoms with van der Waals surface area (Å²) in [5.74, 6) is -0.665. The fraction of sp³-hybridized carbons (Fsp3) is 0.421. The zero-order valence-corrected chi connectivity index (χ0v) is 18.5. The largest absolute Gasteiger partial charge is 0.322 e. The monoisotopic (exact) mass is 469 g/mol. The number of nitrogens with zero attached hydrogens (tertiary/aromatic N) is 4. The lowest BCUT2D eigenvalue weighted by Gasteiger charge is -2.27. The molecule has 3 amide bonds. The number of aromatic nitrogens is 2. The predicted octanol–water partition coefficient (Wildman–Crippen LogP) is 2.03. The van der Waals surface area contributed by atoms with E-state index < -0.39 is 28.8 Å². The van der Waals surface area contributed by atoms with E-state index in [9.17, 15) is 18.2 Å². The fourth-order valence-corrected chi connectivity index (χ4v) is 4.61. The summed E-state index contributed by atoms with van der Waals surface area (Å²) in [5, 5.41) is 8.31. The van der Waals surface area contributed by atoms with Crippen LogP contribution in [0.3, 0.4) is 0 Å². The van der Waals surface area contributed by atoms with Crippen LogP contribution >= 0.6 is 11.6 Å². The molecule has 31 heavy (non-hydrogen) atoms. The summed E-state index contributed by atoms with van der Waals surface area (Å²) < 4.78 is 26.6. The maximum atomic E-state index is 13.4. The molecule has 2 aromatic rings. The number of carbonyl (C=O) groups excluding carboxylic acids is 2. The molecule has 2 aliphatic heterocycles. The maximum Gasteiger partial charge on any atom is 0.322 e. The number of benzene rings is 1. The molecule has 0 unspecified atom stereocenters. The molecule has 1 aromatic carbocycles. The van der Waals surface area contributed by atoms with Crippen LogP contribution in [0.2, 0.25) is 5.02 Å². The van der Waals surface area contributed by atoms with Gasteiger partial charge in [-0.3, -0.25) is 18.5 Å². The standard InChI is InChI=1S/C19H21ClFN5O4S/c1-24-18(27)17-13-9-25(19(28)22-11-3-4-15(21)14(20)7-11)6-5-16(13)23-26(17)8-12(30-24)10-31(2)29/h3-4,7,12H,5-6,8-10H2,1-2H3,(H,22,28)/t12-,31-/m0/s1. The first-order chi connectivity index (χ1) is 14.7. The van der Waals surface area contributed by atoms with Gasteiger partial charge in [-0.1, -0.05) is 11.6 Å². The zero-order valence-electron chi connectivity index (χ0n) is 16.9. The Morgan fingerprint density at radius 1 is 1.45 bits per heavy atom. The van der Waals surface area contributed by atoms with Gasteiger partial charge in [-0.25, -0.2) is 14.2 Å². The normalized spacial score (nSPS) is 19.5. The van der Waals surface area contributed by atoms with Crippen molar-refractivity contribution < 1.29 is 23.0 Å². The number of amides is 3. The molecule has 0 radical (unpaired) electrons. The molecular formula is C19H21ClFN5O4S. The van der Waals surface area contributed by atoms with E-state index in [-0.39, 0.29) is 29.8 Å². The highest BCUT2D eigenvalue weighted by molar-refractivity contribution is 7.84. The molecular weight excluding hydrogens is 449 g/mol. The third kappa shape index (κ3) is 4.43. The van der Waals surface area contributed by atoms with E-state index in [1.807, 2.05) is 0 Å². The molecule has 12 heteroatoms. The molecule has 4 rings (SSSR count). The van der Waals surface area contributed by atoms with Crippen molar-refractivity contribution in [2.75, 3.05) is 30.9 Å². The first-order valence-electron chi connectivity index (χ1n) is 9.57. The number of nitrogens with one attached hydrogen (secondary N) is 1. The van der Waals surface area contributed by atoms with Gasteiger partial charge >= 0.3 is 6.03 Å². The van der Waals surface area contributed by atoms with Gasteiger partial charge in [-0.05, 0) is 18.2 Å². The first kappa shape index (κ1) is 21.7. The van der Waals surface area contributed by atoms with E-state index in [1.165, 1.54) is 25.2 Å². The van der Waals surface area contributed by atoms with Crippen molar-refractivity contribution >= 4 is 40.0 Å². The second-order valence-corrected chi connectivity index (χ2v) is 9.34. The van der Waals surface area contributed by atoms with Crippen LogP contribution in [-0.4, -0.2) is 67.6 Å². The van der Waals surface area contributed by atoms with Crippen LogP contribution in [0.5, 0.6) is 0 Å². The third-order valence-electron chi connectivity index (χ3n) is 5.15. The van der Waals surface area contributed by atoms with Crippen LogP contribution in [0, 0.1) is 5.82 Å². The minimum atomic E-state index is -1.10. The summed E-state index contributed by atoms with van der Waals surface area (Å²) in [7, 11) is 0.412. The number of hydrogen-bond donors (Lipinski definition) is 1. The Kier molecular flexibility index (Phi) is 6.00. The van der Waals surface area contributed by atoms with Crippen molar-refractivity contribution in [2.45, 2.75) is 25.6 Å². The quantitative estimate of drug-likeness (QED) is 0.742. The molecule has 1 N–H and O–H groups in total. The smallest absolute Gasteiger partial charge is 0.320 e. The minimum absolute atomic E-state index is 0.0862. The number of hydroxylamine groups is 2. The van der Waals surface area contributed by atoms with E-state index in [4.69, 9.17) is 16.4 Å². The van der Waals surface area contributed by atoms with Gasteiger partial charge in [0.15, 0.2) is 0 Å². The van der Waals surface area contributed by atoms with Crippen molar-refractivity contribution in [1.82, 2.24) is 19.7 Å². The third-order valence-corrected chi connectivity index (χ3v) is 6.28. The van der Waals surface area contributed by atoms with Crippen molar-refractivity contribution in [3.63, 3.8) is 0 Å². The molecule has 0 fully saturated rings. The molecule has 0 aliphatic carbocycles. The zero-order chi connectivity index (χ0) is 22.3. The van der Waals surface area contributed by atoms with Crippen molar-refractivity contribution in [2.24, 2.45) is 0 Å². The Bertz CT molecular complexity index is 1080. The molecule has 0 bridgehead atoms. The van der Waals surface area contributed by atoms with Crippen LogP contribution in [0.4, 0.5) is 14.9 Å². The highest BCUT2D eigenvalue weighted by Gasteiger charge is 2.35. The maximum absolute atomic E-state index is 13.4. The molecule has 3 heterocycles. The second kappa shape index (κ2) is 8.56. The summed E-state index contributed by atoms with van der Waals surface area (Å²) >= 11 is 5.78. The number of carbonyl (C=O) groups is 2. The average molecular weight is 470 g/mol. The number of halogens is 2. The molecule has 2 atom stereocenters. The molecule has 1 aromatic heterocycles. The summed E-state index contributed by atoms with van der Waals surface area (Å²) in [4.78, 5) is 32.9. The Balaban J connectivity index is 1.56. The lowest BCUT2D eigenvalue weighted by atomic mass is 10.1. The molecule has 166 valence electrons. The van der Waals surface area contributed by atoms with Crippen LogP contribution in [0.1, 0.15) is 21.7 Å². The second-order valence-electron chi connectivity index (χ2n) is 7.46. The summed E-state index contributed by atoms with van der Waals surface area (Å²) in [5.41, 5.74) is 2.15. The number of fused-ring (bicyclic) bond motifs is 3. The lowest BCUT2D eigenvalue weighted by molar-refractivity contribution is -0.140. The minimum Gasteiger partial charge on any atom is -0.320 e. The van der Waals surface area contributed by atoms with E-state index >= 15 is 0 Å². The highest BCUT2D eigenvalue weighted by Crippen LogP contribution is 2.27. The molecule has 0 saturated heterocycles. The van der Waals surface area contributed by atoms with E-state index in [1.54, 1.807) is 15.8 Å². The summed E-state index contributed by atoms with van der Waals surface area (Å²) in [6, 6.07) is 3.55. The SMILES string of the molecule is CN1O[C@H](C[S@](C)=O)Cn2nc3c(c2C1=O)CN(C(=O)Nc1ccc(F)c(Cl)c1)CC3. The van der Waals surface area contributed by atoms with Crippen LogP contribution in [0.25, 0.3) is 0 Å². The fourth-order valence-electron chi connectivity index (χ4n) is 3.74. The Morgan fingerprint density at radius 3 is 2.94 bits per heavy atom. The van der Waals surface area contributed by atoms with E-state index in [2.05, 4.69) is 10.4 Å². The Morgan fingerprint density at radius 2 is 2.23 bits per heavy atom. The van der Waals surface area contributed by atoms with Gasteiger partial charge in [0.2, 0.25) is 0 Å². The predicted molar refractivity (Wildman–Crippen MR) is 113 cm³/mol. The Hall–Kier alpha value is -2.50.